The van der Waals surface area contributed by atoms with E-state index in [1.165, 1.54) is 13.2 Å². The monoisotopic (exact) mass is 346 g/mol. The van der Waals surface area contributed by atoms with Crippen molar-refractivity contribution in [3.05, 3.63) is 41.6 Å². The largest absolute Gasteiger partial charge is 0.493 e. The van der Waals surface area contributed by atoms with Crippen LogP contribution in [0.2, 0.25) is 0 Å². The fourth-order valence-electron chi connectivity index (χ4n) is 2.08. The number of hydrogen-bond donors (Lipinski definition) is 0. The number of aromatic nitrogens is 2. The van der Waals surface area contributed by atoms with Crippen molar-refractivity contribution in [2.45, 2.75) is 26.9 Å². The van der Waals surface area contributed by atoms with Crippen molar-refractivity contribution in [2.75, 3.05) is 14.2 Å². The van der Waals surface area contributed by atoms with Crippen molar-refractivity contribution in [3.8, 4) is 11.5 Å². The molecular formula is C18H22N2O5. The fourth-order valence-corrected chi connectivity index (χ4v) is 2.08. The fraction of sp³-hybridized carbons (Fsp3) is 0.389. The second-order valence-corrected chi connectivity index (χ2v) is 5.76. The number of rotatable bonds is 8. The van der Waals surface area contributed by atoms with Gasteiger partial charge in [0, 0.05) is 12.5 Å². The van der Waals surface area contributed by atoms with E-state index in [1.54, 1.807) is 31.4 Å². The van der Waals surface area contributed by atoms with Gasteiger partial charge in [0.15, 0.2) is 23.9 Å². The lowest BCUT2D eigenvalue weighted by Crippen LogP contribution is -2.00. The van der Waals surface area contributed by atoms with E-state index in [4.69, 9.17) is 14.0 Å². The van der Waals surface area contributed by atoms with Crippen molar-refractivity contribution < 1.29 is 23.5 Å². The SMILES string of the molecule is COC(=O)/C=C/c1ccc(OCc2nc(CC(C)C)no2)c(OC)c1. The molecule has 2 aromatic rings. The summed E-state index contributed by atoms with van der Waals surface area (Å²) in [6.07, 6.45) is 3.73. The quantitative estimate of drug-likeness (QED) is 0.536. The lowest BCUT2D eigenvalue weighted by Gasteiger charge is -2.09. The van der Waals surface area contributed by atoms with Gasteiger partial charge < -0.3 is 18.7 Å². The number of benzene rings is 1. The highest BCUT2D eigenvalue weighted by Crippen LogP contribution is 2.29. The molecule has 0 aliphatic rings. The zero-order valence-electron chi connectivity index (χ0n) is 14.8. The molecular weight excluding hydrogens is 324 g/mol. The van der Waals surface area contributed by atoms with Crippen LogP contribution in [0.3, 0.4) is 0 Å². The Balaban J connectivity index is 2.03. The summed E-state index contributed by atoms with van der Waals surface area (Å²) in [5.41, 5.74) is 0.784. The lowest BCUT2D eigenvalue weighted by molar-refractivity contribution is -0.134. The predicted octanol–water partition coefficient (Wildman–Crippen LogP) is 3.04. The molecule has 7 nitrogen and oxygen atoms in total. The average Bonchev–Trinajstić information content (AvgIpc) is 3.04. The van der Waals surface area contributed by atoms with Crippen LogP contribution in [0.4, 0.5) is 0 Å². The summed E-state index contributed by atoms with van der Waals surface area (Å²) in [4.78, 5) is 15.4. The number of methoxy groups -OCH3 is 2. The first-order valence-electron chi connectivity index (χ1n) is 7.90. The van der Waals surface area contributed by atoms with Gasteiger partial charge in [0.25, 0.3) is 5.89 Å². The van der Waals surface area contributed by atoms with Crippen molar-refractivity contribution >= 4 is 12.0 Å². The molecule has 0 unspecified atom stereocenters. The van der Waals surface area contributed by atoms with E-state index in [9.17, 15) is 4.79 Å². The Bertz CT molecular complexity index is 737. The number of esters is 1. The van der Waals surface area contributed by atoms with Crippen LogP contribution < -0.4 is 9.47 Å². The zero-order chi connectivity index (χ0) is 18.2. The molecule has 0 bridgehead atoms. The maximum Gasteiger partial charge on any atom is 0.330 e. The Morgan fingerprint density at radius 2 is 2.08 bits per heavy atom. The minimum absolute atomic E-state index is 0.152. The van der Waals surface area contributed by atoms with Crippen LogP contribution in [0.25, 0.3) is 6.08 Å². The topological polar surface area (TPSA) is 83.7 Å². The maximum atomic E-state index is 11.1. The standard InChI is InChI=1S/C18H22N2O5/c1-12(2)9-16-19-17(25-20-16)11-24-14-7-5-13(10-15(14)22-3)6-8-18(21)23-4/h5-8,10,12H,9,11H2,1-4H3/b8-6+. The lowest BCUT2D eigenvalue weighted by atomic mass is 10.1. The van der Waals surface area contributed by atoms with Crippen molar-refractivity contribution in [3.63, 3.8) is 0 Å². The van der Waals surface area contributed by atoms with Crippen LogP contribution in [0, 0.1) is 5.92 Å². The van der Waals surface area contributed by atoms with E-state index < -0.39 is 5.97 Å². The van der Waals surface area contributed by atoms with Crippen molar-refractivity contribution in [1.29, 1.82) is 0 Å². The van der Waals surface area contributed by atoms with E-state index in [0.29, 0.717) is 29.1 Å². The maximum absolute atomic E-state index is 11.1. The van der Waals surface area contributed by atoms with E-state index in [2.05, 4.69) is 28.7 Å². The summed E-state index contributed by atoms with van der Waals surface area (Å²) in [6.45, 7) is 4.33. The molecule has 0 N–H and O–H groups in total. The Kier molecular flexibility index (Phi) is 6.56. The molecule has 0 fully saturated rings. The molecule has 0 spiro atoms. The highest BCUT2D eigenvalue weighted by Gasteiger charge is 2.11. The molecule has 0 atom stereocenters. The van der Waals surface area contributed by atoms with Crippen LogP contribution in [-0.4, -0.2) is 30.3 Å². The molecule has 0 aliphatic heterocycles. The van der Waals surface area contributed by atoms with Gasteiger partial charge in [0.05, 0.1) is 14.2 Å². The molecule has 1 aromatic heterocycles. The molecule has 25 heavy (non-hydrogen) atoms. The highest BCUT2D eigenvalue weighted by atomic mass is 16.5. The minimum atomic E-state index is -0.423. The van der Waals surface area contributed by atoms with Gasteiger partial charge in [-0.1, -0.05) is 25.1 Å². The van der Waals surface area contributed by atoms with Crippen LogP contribution in [-0.2, 0) is 22.6 Å². The Hall–Kier alpha value is -2.83. The van der Waals surface area contributed by atoms with Gasteiger partial charge in [-0.2, -0.15) is 4.98 Å². The highest BCUT2D eigenvalue weighted by molar-refractivity contribution is 5.87. The molecule has 2 rings (SSSR count). The van der Waals surface area contributed by atoms with Gasteiger partial charge in [-0.05, 0) is 29.7 Å². The smallest absolute Gasteiger partial charge is 0.330 e. The Morgan fingerprint density at radius 3 is 2.76 bits per heavy atom. The Labute approximate surface area is 146 Å². The van der Waals surface area contributed by atoms with Crippen LogP contribution in [0.5, 0.6) is 11.5 Å². The summed E-state index contributed by atoms with van der Waals surface area (Å²) in [5, 5.41) is 3.92. The normalized spacial score (nSPS) is 11.1. The number of carbonyl (C=O) groups is 1. The van der Waals surface area contributed by atoms with Crippen molar-refractivity contribution in [1.82, 2.24) is 10.1 Å². The Morgan fingerprint density at radius 1 is 1.28 bits per heavy atom. The van der Waals surface area contributed by atoms with Gasteiger partial charge in [0.1, 0.15) is 0 Å². The van der Waals surface area contributed by atoms with E-state index in [0.717, 1.165) is 12.0 Å². The third kappa shape index (κ3) is 5.63. The molecule has 1 heterocycles. The molecule has 1 aromatic carbocycles. The number of carbonyl (C=O) groups excluding carboxylic acids is 1. The summed E-state index contributed by atoms with van der Waals surface area (Å²) in [5.74, 6) is 2.19. The van der Waals surface area contributed by atoms with Gasteiger partial charge in [0.2, 0.25) is 0 Å². The molecule has 0 radical (unpaired) electrons. The molecule has 0 aliphatic carbocycles. The van der Waals surface area contributed by atoms with E-state index >= 15 is 0 Å². The number of hydrogen-bond acceptors (Lipinski definition) is 7. The molecule has 0 saturated heterocycles. The average molecular weight is 346 g/mol. The van der Waals surface area contributed by atoms with Gasteiger partial charge in [-0.15, -0.1) is 0 Å². The zero-order valence-corrected chi connectivity index (χ0v) is 14.8. The molecule has 7 heteroatoms. The second-order valence-electron chi connectivity index (χ2n) is 5.76. The summed E-state index contributed by atoms with van der Waals surface area (Å²) in [7, 11) is 2.87. The molecule has 0 saturated carbocycles. The summed E-state index contributed by atoms with van der Waals surface area (Å²) >= 11 is 0. The van der Waals surface area contributed by atoms with Crippen LogP contribution in [0.1, 0.15) is 31.1 Å². The summed E-state index contributed by atoms with van der Waals surface area (Å²) < 4.78 is 20.8. The predicted molar refractivity (Wildman–Crippen MR) is 91.2 cm³/mol. The first-order chi connectivity index (χ1) is 12.0. The van der Waals surface area contributed by atoms with Crippen LogP contribution in [0.15, 0.2) is 28.8 Å². The van der Waals surface area contributed by atoms with Crippen molar-refractivity contribution in [2.24, 2.45) is 5.92 Å². The second kappa shape index (κ2) is 8.86. The van der Waals surface area contributed by atoms with Gasteiger partial charge >= 0.3 is 5.97 Å². The molecule has 0 amide bonds. The minimum Gasteiger partial charge on any atom is -0.493 e. The van der Waals surface area contributed by atoms with E-state index in [1.807, 2.05) is 0 Å². The van der Waals surface area contributed by atoms with Gasteiger partial charge in [-0.25, -0.2) is 4.79 Å². The first-order valence-corrected chi connectivity index (χ1v) is 7.90. The number of nitrogens with zero attached hydrogens (tertiary/aromatic N) is 2. The van der Waals surface area contributed by atoms with E-state index in [-0.39, 0.29) is 6.61 Å². The third-order valence-electron chi connectivity index (χ3n) is 3.25. The molecule has 134 valence electrons. The number of ether oxygens (including phenoxy) is 3. The third-order valence-corrected chi connectivity index (χ3v) is 3.25. The van der Waals surface area contributed by atoms with Gasteiger partial charge in [-0.3, -0.25) is 0 Å². The summed E-state index contributed by atoms with van der Waals surface area (Å²) in [6, 6.07) is 5.31. The van der Waals surface area contributed by atoms with Crippen LogP contribution >= 0.6 is 0 Å². The first kappa shape index (κ1) is 18.5.